The van der Waals surface area contributed by atoms with E-state index in [2.05, 4.69) is 48.1 Å². The van der Waals surface area contributed by atoms with Crippen LogP contribution in [0.2, 0.25) is 0 Å². The molecule has 2 unspecified atom stereocenters. The maximum absolute atomic E-state index is 4.64. The molecular formula is C14H25N3. The van der Waals surface area contributed by atoms with Gasteiger partial charge in [-0.25, -0.2) is 0 Å². The van der Waals surface area contributed by atoms with Crippen molar-refractivity contribution in [1.29, 1.82) is 0 Å². The molecule has 3 heteroatoms. The Kier molecular flexibility index (Phi) is 4.21. The van der Waals surface area contributed by atoms with Crippen molar-refractivity contribution in [1.82, 2.24) is 15.1 Å². The third-order valence-corrected chi connectivity index (χ3v) is 3.90. The fraction of sp³-hybridized carbons (Fsp3) is 0.786. The molecule has 0 aliphatic heterocycles. The summed E-state index contributed by atoms with van der Waals surface area (Å²) in [5.74, 6) is 1.73. The Labute approximate surface area is 105 Å². The number of nitrogens with zero attached hydrogens (tertiary/aromatic N) is 2. The van der Waals surface area contributed by atoms with Crippen LogP contribution in [0.3, 0.4) is 0 Å². The Balaban J connectivity index is 1.83. The van der Waals surface area contributed by atoms with E-state index in [9.17, 15) is 0 Å². The summed E-state index contributed by atoms with van der Waals surface area (Å²) in [6.07, 6.45) is 6.04. The van der Waals surface area contributed by atoms with E-state index in [1.54, 1.807) is 0 Å². The second-order valence-electron chi connectivity index (χ2n) is 5.49. The van der Waals surface area contributed by atoms with Gasteiger partial charge in [-0.15, -0.1) is 0 Å². The van der Waals surface area contributed by atoms with Gasteiger partial charge in [0.15, 0.2) is 0 Å². The first-order valence-corrected chi connectivity index (χ1v) is 6.95. The molecule has 2 atom stereocenters. The first-order valence-electron chi connectivity index (χ1n) is 6.95. The highest BCUT2D eigenvalue weighted by molar-refractivity contribution is 5.03. The lowest BCUT2D eigenvalue weighted by atomic mass is 9.71. The molecule has 0 bridgehead atoms. The summed E-state index contributed by atoms with van der Waals surface area (Å²) in [4.78, 5) is 0. The van der Waals surface area contributed by atoms with Gasteiger partial charge in [-0.05, 0) is 64.1 Å². The van der Waals surface area contributed by atoms with Gasteiger partial charge >= 0.3 is 0 Å². The van der Waals surface area contributed by atoms with Crippen molar-refractivity contribution in [2.45, 2.75) is 46.1 Å². The highest BCUT2D eigenvalue weighted by Crippen LogP contribution is 2.36. The zero-order chi connectivity index (χ0) is 12.3. The van der Waals surface area contributed by atoms with Crippen molar-refractivity contribution in [3.8, 4) is 0 Å². The molecule has 0 spiro atoms. The number of hydrogen-bond donors (Lipinski definition) is 1. The Morgan fingerprint density at radius 2 is 2.18 bits per heavy atom. The second kappa shape index (κ2) is 5.67. The topological polar surface area (TPSA) is 29.9 Å². The van der Waals surface area contributed by atoms with E-state index < -0.39 is 0 Å². The average Bonchev–Trinajstić information content (AvgIpc) is 2.73. The number of hydrogen-bond acceptors (Lipinski definition) is 2. The lowest BCUT2D eigenvalue weighted by molar-refractivity contribution is 0.170. The quantitative estimate of drug-likeness (QED) is 0.821. The molecule has 17 heavy (non-hydrogen) atoms. The van der Waals surface area contributed by atoms with Gasteiger partial charge < -0.3 is 5.32 Å². The Morgan fingerprint density at radius 1 is 1.41 bits per heavy atom. The van der Waals surface area contributed by atoms with Gasteiger partial charge in [0, 0.05) is 12.2 Å². The van der Waals surface area contributed by atoms with Crippen molar-refractivity contribution >= 4 is 0 Å². The summed E-state index contributed by atoms with van der Waals surface area (Å²) in [5.41, 5.74) is 1.27. The molecule has 1 N–H and O–H groups in total. The summed E-state index contributed by atoms with van der Waals surface area (Å²) in [6.45, 7) is 8.80. The number of rotatable bonds is 6. The maximum atomic E-state index is 4.64. The summed E-state index contributed by atoms with van der Waals surface area (Å²) < 4.78 is 2.06. The van der Waals surface area contributed by atoms with E-state index in [-0.39, 0.29) is 0 Å². The molecule has 0 saturated heterocycles. The fourth-order valence-corrected chi connectivity index (χ4v) is 2.55. The number of nitrogens with one attached hydrogen (secondary N) is 1. The molecule has 0 amide bonds. The van der Waals surface area contributed by atoms with Crippen molar-refractivity contribution < 1.29 is 0 Å². The molecular weight excluding hydrogens is 210 g/mol. The molecule has 1 fully saturated rings. The highest BCUT2D eigenvalue weighted by Gasteiger charge is 2.30. The van der Waals surface area contributed by atoms with Crippen LogP contribution in [0.5, 0.6) is 0 Å². The largest absolute Gasteiger partial charge is 0.317 e. The Morgan fingerprint density at radius 3 is 2.71 bits per heavy atom. The summed E-state index contributed by atoms with van der Waals surface area (Å²) in [6, 6.07) is 2.66. The molecule has 1 saturated carbocycles. The molecule has 2 rings (SSSR count). The van der Waals surface area contributed by atoms with Crippen LogP contribution in [0, 0.1) is 11.8 Å². The van der Waals surface area contributed by atoms with Gasteiger partial charge in [0.1, 0.15) is 0 Å². The van der Waals surface area contributed by atoms with Crippen LogP contribution < -0.4 is 5.32 Å². The molecule has 1 heterocycles. The third kappa shape index (κ3) is 3.09. The smallest absolute Gasteiger partial charge is 0.0627 e. The first-order chi connectivity index (χ1) is 8.20. The zero-order valence-electron chi connectivity index (χ0n) is 11.3. The van der Waals surface area contributed by atoms with Crippen molar-refractivity contribution in [3.63, 3.8) is 0 Å². The van der Waals surface area contributed by atoms with Gasteiger partial charge in [0.2, 0.25) is 0 Å². The van der Waals surface area contributed by atoms with Crippen LogP contribution in [-0.2, 0) is 6.42 Å². The lowest BCUT2D eigenvalue weighted by Gasteiger charge is -2.36. The summed E-state index contributed by atoms with van der Waals surface area (Å²) in [5, 5.41) is 8.11. The van der Waals surface area contributed by atoms with E-state index in [1.807, 2.05) is 0 Å². The minimum absolute atomic E-state index is 0.475. The van der Waals surface area contributed by atoms with E-state index in [0.29, 0.717) is 6.04 Å². The first kappa shape index (κ1) is 12.6. The van der Waals surface area contributed by atoms with E-state index in [1.165, 1.54) is 25.1 Å². The molecule has 1 aromatic rings. The van der Waals surface area contributed by atoms with Crippen molar-refractivity contribution in [2.24, 2.45) is 11.8 Å². The summed E-state index contributed by atoms with van der Waals surface area (Å²) in [7, 11) is 0. The van der Waals surface area contributed by atoms with Crippen LogP contribution in [-0.4, -0.2) is 22.9 Å². The minimum atomic E-state index is 0.475. The van der Waals surface area contributed by atoms with E-state index in [4.69, 9.17) is 0 Å². The molecule has 3 nitrogen and oxygen atoms in total. The van der Waals surface area contributed by atoms with Gasteiger partial charge in [0.25, 0.3) is 0 Å². The predicted octanol–water partition coefficient (Wildman–Crippen LogP) is 2.64. The van der Waals surface area contributed by atoms with Crippen LogP contribution in [0.15, 0.2) is 12.3 Å². The van der Waals surface area contributed by atoms with Crippen molar-refractivity contribution in [3.05, 3.63) is 18.0 Å². The molecule has 1 aromatic heterocycles. The van der Waals surface area contributed by atoms with Gasteiger partial charge in [-0.2, -0.15) is 5.10 Å². The van der Waals surface area contributed by atoms with Crippen LogP contribution in [0.1, 0.15) is 45.3 Å². The zero-order valence-corrected chi connectivity index (χ0v) is 11.3. The molecule has 1 aliphatic rings. The standard InChI is InChI=1S/C14H25N3/c1-4-15-10-13-6-5-12(13)9-14-7-8-17(16-14)11(2)3/h7-8,11-13,15H,4-6,9-10H2,1-3H3. The predicted molar refractivity (Wildman–Crippen MR) is 71.1 cm³/mol. The third-order valence-electron chi connectivity index (χ3n) is 3.90. The van der Waals surface area contributed by atoms with Crippen LogP contribution >= 0.6 is 0 Å². The SMILES string of the molecule is CCNCC1CCC1Cc1ccn(C(C)C)n1. The Hall–Kier alpha value is -0.830. The second-order valence-corrected chi connectivity index (χ2v) is 5.49. The normalized spacial score (nSPS) is 24.0. The van der Waals surface area contributed by atoms with Gasteiger partial charge in [-0.3, -0.25) is 4.68 Å². The minimum Gasteiger partial charge on any atom is -0.317 e. The van der Waals surface area contributed by atoms with Crippen LogP contribution in [0.25, 0.3) is 0 Å². The lowest BCUT2D eigenvalue weighted by Crippen LogP contribution is -2.36. The van der Waals surface area contributed by atoms with Gasteiger partial charge in [0.05, 0.1) is 5.69 Å². The Bertz CT molecular complexity index is 343. The fourth-order valence-electron chi connectivity index (χ4n) is 2.55. The van der Waals surface area contributed by atoms with Gasteiger partial charge in [-0.1, -0.05) is 6.92 Å². The maximum Gasteiger partial charge on any atom is 0.0627 e. The monoisotopic (exact) mass is 235 g/mol. The molecule has 1 aliphatic carbocycles. The van der Waals surface area contributed by atoms with Crippen molar-refractivity contribution in [2.75, 3.05) is 13.1 Å². The molecule has 96 valence electrons. The average molecular weight is 235 g/mol. The van der Waals surface area contributed by atoms with E-state index >= 15 is 0 Å². The van der Waals surface area contributed by atoms with Crippen LogP contribution in [0.4, 0.5) is 0 Å². The van der Waals surface area contributed by atoms with E-state index in [0.717, 1.165) is 24.8 Å². The number of aromatic nitrogens is 2. The molecule has 0 radical (unpaired) electrons. The molecule has 0 aromatic carbocycles. The summed E-state index contributed by atoms with van der Waals surface area (Å²) >= 11 is 0. The highest BCUT2D eigenvalue weighted by atomic mass is 15.3.